The van der Waals surface area contributed by atoms with E-state index in [4.69, 9.17) is 19.7 Å². The minimum absolute atomic E-state index is 0.000851. The van der Waals surface area contributed by atoms with Gasteiger partial charge in [-0.3, -0.25) is 9.36 Å². The van der Waals surface area contributed by atoms with E-state index in [2.05, 4.69) is 20.0 Å². The molecule has 0 bridgehead atoms. The Hall–Kier alpha value is -2.47. The summed E-state index contributed by atoms with van der Waals surface area (Å²) in [7, 11) is -0.468. The number of carbonyl (C=O) groups excluding carboxylic acids is 1. The fourth-order valence-corrected chi connectivity index (χ4v) is 4.87. The van der Waals surface area contributed by atoms with Gasteiger partial charge in [0.1, 0.15) is 12.6 Å². The normalized spacial score (nSPS) is 25.7. The number of nitrogen functional groups attached to an aromatic ring is 1. The Kier molecular flexibility index (Phi) is 7.23. The molecular weight excluding hydrogens is 480 g/mol. The topological polar surface area (TPSA) is 147 Å². The van der Waals surface area contributed by atoms with Crippen LogP contribution in [0.4, 0.5) is 16.2 Å². The molecule has 4 rings (SSSR count). The number of hydrogen-bond acceptors (Lipinski definition) is 10. The van der Waals surface area contributed by atoms with Crippen LogP contribution < -0.4 is 15.7 Å². The molecule has 0 spiro atoms. The second kappa shape index (κ2) is 9.88. The molecule has 2 aliphatic rings. The molecule has 5 atom stereocenters. The summed E-state index contributed by atoms with van der Waals surface area (Å²) in [6, 6.07) is -0.450. The quantitative estimate of drug-likeness (QED) is 0.358. The Morgan fingerprint density at radius 1 is 1.43 bits per heavy atom. The largest absolute Gasteiger partial charge is 0.613 e. The molecule has 2 fully saturated rings. The highest BCUT2D eigenvalue weighted by Gasteiger charge is 2.48. The van der Waals surface area contributed by atoms with Crippen molar-refractivity contribution in [3.63, 3.8) is 0 Å². The van der Waals surface area contributed by atoms with Crippen molar-refractivity contribution in [2.45, 2.75) is 83.1 Å². The number of esters is 1. The average molecular weight is 513 g/mol. The zero-order chi connectivity index (χ0) is 25.5. The molecule has 192 valence electrons. The van der Waals surface area contributed by atoms with Gasteiger partial charge in [-0.1, -0.05) is 5.09 Å². The second-order valence-electron chi connectivity index (χ2n) is 9.55. The van der Waals surface area contributed by atoms with Crippen molar-refractivity contribution in [2.75, 3.05) is 24.3 Å². The van der Waals surface area contributed by atoms with Gasteiger partial charge < -0.3 is 20.1 Å². The lowest BCUT2D eigenvalue weighted by Crippen LogP contribution is -2.33. The van der Waals surface area contributed by atoms with E-state index < -0.39 is 38.2 Å². The summed E-state index contributed by atoms with van der Waals surface area (Å²) in [6.45, 7) is 6.25. The van der Waals surface area contributed by atoms with Crippen molar-refractivity contribution in [2.24, 2.45) is 0 Å². The lowest BCUT2D eigenvalue weighted by Gasteiger charge is -2.23. The number of alkyl halides is 1. The van der Waals surface area contributed by atoms with E-state index in [1.165, 1.54) is 24.7 Å². The van der Waals surface area contributed by atoms with Crippen LogP contribution in [0.1, 0.15) is 53.2 Å². The van der Waals surface area contributed by atoms with E-state index in [-0.39, 0.29) is 25.1 Å². The monoisotopic (exact) mass is 512 g/mol. The van der Waals surface area contributed by atoms with Gasteiger partial charge in [0.15, 0.2) is 28.9 Å². The van der Waals surface area contributed by atoms with E-state index in [0.29, 0.717) is 23.0 Å². The van der Waals surface area contributed by atoms with Crippen LogP contribution >= 0.6 is 8.18 Å². The molecule has 0 radical (unpaired) electrons. The van der Waals surface area contributed by atoms with Crippen LogP contribution in [0.3, 0.4) is 0 Å². The third kappa shape index (κ3) is 5.69. The number of imidazole rings is 1. The first-order chi connectivity index (χ1) is 16.5. The number of ether oxygens (including phenoxy) is 2. The van der Waals surface area contributed by atoms with Crippen molar-refractivity contribution >= 4 is 37.1 Å². The van der Waals surface area contributed by atoms with Crippen LogP contribution in [0.2, 0.25) is 0 Å². The van der Waals surface area contributed by atoms with Crippen molar-refractivity contribution in [1.29, 1.82) is 0 Å². The van der Waals surface area contributed by atoms with Crippen molar-refractivity contribution in [3.05, 3.63) is 6.33 Å². The van der Waals surface area contributed by atoms with Gasteiger partial charge in [-0.15, -0.1) is 4.52 Å². The van der Waals surface area contributed by atoms with Gasteiger partial charge in [-0.2, -0.15) is 9.97 Å². The summed E-state index contributed by atoms with van der Waals surface area (Å²) in [5.74, 6) is 0.120. The first-order valence-electron chi connectivity index (χ1n) is 11.6. The first-order valence-corrected chi connectivity index (χ1v) is 12.8. The van der Waals surface area contributed by atoms with Gasteiger partial charge in [-0.05, 0) is 45.1 Å². The number of carbonyl (C=O) groups is 1. The number of halogens is 1. The van der Waals surface area contributed by atoms with E-state index >= 15 is 4.39 Å². The Morgan fingerprint density at radius 2 is 2.14 bits per heavy atom. The molecule has 3 heterocycles. The first kappa shape index (κ1) is 25.6. The zero-order valence-corrected chi connectivity index (χ0v) is 21.4. The molecule has 3 N–H and O–H groups in total. The Labute approximate surface area is 203 Å². The Morgan fingerprint density at radius 3 is 2.80 bits per heavy atom. The molecule has 0 aromatic carbocycles. The predicted octanol–water partition coefficient (Wildman–Crippen LogP) is 2.63. The molecular formula is C21H32FN7O5P+. The third-order valence-electron chi connectivity index (χ3n) is 5.95. The molecule has 1 saturated carbocycles. The molecule has 12 nitrogen and oxygen atoms in total. The van der Waals surface area contributed by atoms with Crippen LogP contribution in [-0.2, 0) is 23.4 Å². The third-order valence-corrected chi connectivity index (χ3v) is 6.93. The van der Waals surface area contributed by atoms with E-state index in [0.717, 1.165) is 12.8 Å². The standard InChI is InChI=1S/C21H32FN7O5P/c1-11(2)33-18(30)12(3)27-35(31)32-9-14-8-21(4,22)19(34-14)29-10-24-15-16(28(5)13-6-7-13)25-20(23)26-17(15)29/h10-14,19H,6-9H2,1-5H3,(H,27,31)(H2,23,25,26)/q+1/t12-,14+,19-,21-/m1/s1. The maximum atomic E-state index is 15.6. The van der Waals surface area contributed by atoms with Gasteiger partial charge in [0.05, 0.1) is 18.5 Å². The van der Waals surface area contributed by atoms with Crippen LogP contribution in [0, 0.1) is 0 Å². The number of aromatic nitrogens is 4. The predicted molar refractivity (Wildman–Crippen MR) is 127 cm³/mol. The molecule has 0 amide bonds. The number of rotatable bonds is 10. The maximum Gasteiger partial charge on any atom is 0.613 e. The minimum atomic E-state index is -2.39. The summed E-state index contributed by atoms with van der Waals surface area (Å²) >= 11 is 0. The van der Waals surface area contributed by atoms with Gasteiger partial charge in [0.2, 0.25) is 5.95 Å². The Balaban J connectivity index is 1.43. The lowest BCUT2D eigenvalue weighted by molar-refractivity contribution is -0.149. The van der Waals surface area contributed by atoms with Crippen LogP contribution in [0.25, 0.3) is 11.2 Å². The fourth-order valence-electron chi connectivity index (χ4n) is 4.08. The summed E-state index contributed by atoms with van der Waals surface area (Å²) in [4.78, 5) is 27.0. The minimum Gasteiger partial charge on any atom is -0.462 e. The second-order valence-corrected chi connectivity index (χ2v) is 10.6. The summed E-state index contributed by atoms with van der Waals surface area (Å²) in [5, 5.41) is 2.54. The highest BCUT2D eigenvalue weighted by Crippen LogP contribution is 2.43. The van der Waals surface area contributed by atoms with Gasteiger partial charge in [-0.25, -0.2) is 9.37 Å². The molecule has 14 heteroatoms. The molecule has 1 unspecified atom stereocenters. The van der Waals surface area contributed by atoms with Gasteiger partial charge in [0, 0.05) is 19.5 Å². The molecule has 1 aliphatic carbocycles. The van der Waals surface area contributed by atoms with Crippen molar-refractivity contribution in [3.8, 4) is 0 Å². The fraction of sp³-hybridized carbons (Fsp3) is 0.714. The lowest BCUT2D eigenvalue weighted by atomic mass is 10.0. The molecule has 1 saturated heterocycles. The molecule has 35 heavy (non-hydrogen) atoms. The summed E-state index contributed by atoms with van der Waals surface area (Å²) in [5.41, 5.74) is 5.07. The van der Waals surface area contributed by atoms with Gasteiger partial charge >= 0.3 is 14.1 Å². The average Bonchev–Trinajstić information content (AvgIpc) is 3.47. The highest BCUT2D eigenvalue weighted by atomic mass is 31.1. The van der Waals surface area contributed by atoms with E-state index in [1.807, 2.05) is 11.9 Å². The summed E-state index contributed by atoms with van der Waals surface area (Å²) < 4.78 is 45.7. The highest BCUT2D eigenvalue weighted by molar-refractivity contribution is 7.36. The number of anilines is 2. The molecule has 2 aromatic rings. The smallest absolute Gasteiger partial charge is 0.462 e. The maximum absolute atomic E-state index is 15.6. The van der Waals surface area contributed by atoms with Crippen molar-refractivity contribution < 1.29 is 27.7 Å². The number of nitrogens with one attached hydrogen (secondary N) is 1. The number of hydrogen-bond donors (Lipinski definition) is 2. The molecule has 2 aromatic heterocycles. The van der Waals surface area contributed by atoms with Crippen LogP contribution in [-0.4, -0.2) is 69.1 Å². The van der Waals surface area contributed by atoms with Crippen LogP contribution in [0.5, 0.6) is 0 Å². The van der Waals surface area contributed by atoms with E-state index in [9.17, 15) is 9.36 Å². The molecule has 1 aliphatic heterocycles. The Bertz CT molecular complexity index is 1110. The van der Waals surface area contributed by atoms with E-state index in [1.54, 1.807) is 13.8 Å². The zero-order valence-electron chi connectivity index (χ0n) is 20.5. The SMILES string of the molecule is CC(C)OC(=O)[C@@H](C)N[P+](=O)OC[C@@H]1C[C@@](C)(F)[C@H](n2cnc3c(N(C)C4CC4)nc(N)nc32)O1. The van der Waals surface area contributed by atoms with Crippen molar-refractivity contribution in [1.82, 2.24) is 24.6 Å². The number of nitrogens with zero attached hydrogens (tertiary/aromatic N) is 5. The number of nitrogens with two attached hydrogens (primary N) is 1. The van der Waals surface area contributed by atoms with Gasteiger partial charge in [0.25, 0.3) is 0 Å². The van der Waals surface area contributed by atoms with Crippen LogP contribution in [0.15, 0.2) is 6.33 Å². The number of fused-ring (bicyclic) bond motifs is 1. The summed E-state index contributed by atoms with van der Waals surface area (Å²) in [6.07, 6.45) is 1.58.